The van der Waals surface area contributed by atoms with Gasteiger partial charge in [-0.3, -0.25) is 9.59 Å². The first-order valence-corrected chi connectivity index (χ1v) is 14.4. The van der Waals surface area contributed by atoms with Crippen molar-refractivity contribution in [3.05, 3.63) is 136 Å². The van der Waals surface area contributed by atoms with Gasteiger partial charge in [-0.2, -0.15) is 0 Å². The molecule has 0 spiro atoms. The molecule has 3 heterocycles. The van der Waals surface area contributed by atoms with Crippen LogP contribution in [0.1, 0.15) is 22.8 Å². The number of nitrogens with zero attached hydrogens (tertiary/aromatic N) is 2. The summed E-state index contributed by atoms with van der Waals surface area (Å²) in [5, 5.41) is 0.563. The number of carbonyl (C=O) groups excluding carboxylic acids is 3. The monoisotopic (exact) mass is 594 g/mol. The van der Waals surface area contributed by atoms with Crippen molar-refractivity contribution in [1.29, 1.82) is 0 Å². The molecule has 4 atom stereocenters. The molecule has 6 nitrogen and oxygen atoms in total. The molecule has 0 aromatic heterocycles. The Morgan fingerprint density at radius 1 is 0.738 bits per heavy atom. The van der Waals surface area contributed by atoms with Gasteiger partial charge in [0, 0.05) is 10.7 Å². The van der Waals surface area contributed by atoms with Gasteiger partial charge in [-0.25, -0.2) is 9.69 Å². The number of halogens is 2. The standard InChI is InChI=1S/C34H24Cl2N2O4/c35-23-16-18-26(24(36)19-23)38-32(39)28-27-17-15-20-9-7-8-14-25(20)37(27)30(29(28)33(38)40)34(41)42-31(21-10-3-1-4-11-21)22-12-5-2-6-13-22/h1-19,27-31H/t27-,28-,29+,30-/m0/s1. The Morgan fingerprint density at radius 2 is 1.36 bits per heavy atom. The van der Waals surface area contributed by atoms with Crippen LogP contribution < -0.4 is 9.80 Å². The zero-order chi connectivity index (χ0) is 29.0. The second kappa shape index (κ2) is 10.5. The molecule has 2 saturated heterocycles. The number of fused-ring (bicyclic) bond motifs is 5. The van der Waals surface area contributed by atoms with Crippen LogP contribution in [0.15, 0.2) is 109 Å². The summed E-state index contributed by atoms with van der Waals surface area (Å²) in [6, 6.07) is 29.6. The average molecular weight is 595 g/mol. The molecule has 0 unspecified atom stereocenters. The van der Waals surface area contributed by atoms with Crippen LogP contribution in [0.25, 0.3) is 6.08 Å². The normalized spacial score (nSPS) is 22.3. The summed E-state index contributed by atoms with van der Waals surface area (Å²) in [6.07, 6.45) is 3.13. The number of esters is 1. The van der Waals surface area contributed by atoms with Gasteiger partial charge in [0.05, 0.1) is 28.6 Å². The largest absolute Gasteiger partial charge is 0.451 e. The van der Waals surface area contributed by atoms with Crippen molar-refractivity contribution in [2.24, 2.45) is 11.8 Å². The van der Waals surface area contributed by atoms with Gasteiger partial charge < -0.3 is 9.64 Å². The van der Waals surface area contributed by atoms with Gasteiger partial charge >= 0.3 is 5.97 Å². The lowest BCUT2D eigenvalue weighted by Crippen LogP contribution is -2.49. The van der Waals surface area contributed by atoms with E-state index < -0.39 is 47.8 Å². The Labute approximate surface area is 252 Å². The fourth-order valence-corrected chi connectivity index (χ4v) is 6.95. The molecule has 4 aromatic carbocycles. The van der Waals surface area contributed by atoms with Crippen LogP contribution in [-0.2, 0) is 19.1 Å². The van der Waals surface area contributed by atoms with E-state index in [-0.39, 0.29) is 10.7 Å². The van der Waals surface area contributed by atoms with E-state index in [0.29, 0.717) is 5.02 Å². The second-order valence-electron chi connectivity index (χ2n) is 10.6. The van der Waals surface area contributed by atoms with Crippen molar-refractivity contribution in [2.45, 2.75) is 18.2 Å². The third-order valence-electron chi connectivity index (χ3n) is 8.25. The zero-order valence-electron chi connectivity index (χ0n) is 22.1. The van der Waals surface area contributed by atoms with Crippen molar-refractivity contribution in [2.75, 3.05) is 9.80 Å². The first kappa shape index (κ1) is 26.5. The minimum atomic E-state index is -1.05. The number of rotatable bonds is 5. The molecule has 2 amide bonds. The minimum absolute atomic E-state index is 0.179. The Kier molecular flexibility index (Phi) is 6.60. The highest BCUT2D eigenvalue weighted by molar-refractivity contribution is 6.38. The maximum absolute atomic E-state index is 14.4. The molecule has 208 valence electrons. The predicted molar refractivity (Wildman–Crippen MR) is 162 cm³/mol. The molecule has 8 heteroatoms. The Hall–Kier alpha value is -4.39. The molecule has 2 fully saturated rings. The van der Waals surface area contributed by atoms with Crippen molar-refractivity contribution < 1.29 is 19.1 Å². The lowest BCUT2D eigenvalue weighted by molar-refractivity contribution is -0.151. The summed E-state index contributed by atoms with van der Waals surface area (Å²) in [4.78, 5) is 45.6. The van der Waals surface area contributed by atoms with E-state index in [1.54, 1.807) is 12.1 Å². The van der Waals surface area contributed by atoms with Crippen LogP contribution in [0.3, 0.4) is 0 Å². The highest BCUT2D eigenvalue weighted by Crippen LogP contribution is 2.50. The van der Waals surface area contributed by atoms with Crippen LogP contribution in [0.4, 0.5) is 11.4 Å². The highest BCUT2D eigenvalue weighted by Gasteiger charge is 2.65. The molecular formula is C34H24Cl2N2O4. The fourth-order valence-electron chi connectivity index (χ4n) is 6.45. The Bertz CT molecular complexity index is 1700. The SMILES string of the molecule is O=C(OC(c1ccccc1)c1ccccc1)[C@@H]1[C@@H]2C(=O)N(c3ccc(Cl)cc3Cl)C(=O)[C@H]2[C@@H]2C=Cc3ccccc3N12. The van der Waals surface area contributed by atoms with Gasteiger partial charge in [-0.15, -0.1) is 0 Å². The van der Waals surface area contributed by atoms with Crippen molar-refractivity contribution in [3.63, 3.8) is 0 Å². The van der Waals surface area contributed by atoms with Gasteiger partial charge in [-0.05, 0) is 41.0 Å². The predicted octanol–water partition coefficient (Wildman–Crippen LogP) is 6.72. The number of hydrogen-bond donors (Lipinski definition) is 0. The molecule has 4 aromatic rings. The second-order valence-corrected chi connectivity index (χ2v) is 11.4. The number of amides is 2. The van der Waals surface area contributed by atoms with E-state index in [1.807, 2.05) is 102 Å². The minimum Gasteiger partial charge on any atom is -0.451 e. The van der Waals surface area contributed by atoms with E-state index in [1.165, 1.54) is 6.07 Å². The molecule has 0 saturated carbocycles. The van der Waals surface area contributed by atoms with E-state index in [4.69, 9.17) is 27.9 Å². The highest BCUT2D eigenvalue weighted by atomic mass is 35.5. The van der Waals surface area contributed by atoms with Gasteiger partial charge in [0.2, 0.25) is 11.8 Å². The topological polar surface area (TPSA) is 66.9 Å². The molecule has 0 bridgehead atoms. The quantitative estimate of drug-likeness (QED) is 0.190. The first-order chi connectivity index (χ1) is 20.4. The summed E-state index contributed by atoms with van der Waals surface area (Å²) in [5.74, 6) is -3.28. The first-order valence-electron chi connectivity index (χ1n) is 13.6. The fraction of sp³-hybridized carbons (Fsp3) is 0.147. The van der Waals surface area contributed by atoms with Crippen LogP contribution in [0.5, 0.6) is 0 Å². The van der Waals surface area contributed by atoms with Crippen molar-refractivity contribution in [3.8, 4) is 0 Å². The number of hydrogen-bond acceptors (Lipinski definition) is 5. The number of para-hydroxylation sites is 1. The summed E-state index contributed by atoms with van der Waals surface area (Å²) >= 11 is 12.6. The van der Waals surface area contributed by atoms with Crippen molar-refractivity contribution >= 4 is 58.4 Å². The van der Waals surface area contributed by atoms with E-state index in [0.717, 1.165) is 27.3 Å². The van der Waals surface area contributed by atoms with Gasteiger partial charge in [0.15, 0.2) is 6.10 Å². The summed E-state index contributed by atoms with van der Waals surface area (Å²) in [7, 11) is 0. The molecule has 0 radical (unpaired) electrons. The lowest BCUT2D eigenvalue weighted by Gasteiger charge is -2.36. The number of anilines is 2. The smallest absolute Gasteiger partial charge is 0.330 e. The molecule has 7 rings (SSSR count). The number of imide groups is 1. The summed E-state index contributed by atoms with van der Waals surface area (Å²) in [5.41, 5.74) is 3.51. The van der Waals surface area contributed by atoms with Crippen LogP contribution >= 0.6 is 23.2 Å². The Morgan fingerprint density at radius 3 is 2.02 bits per heavy atom. The van der Waals surface area contributed by atoms with E-state index >= 15 is 0 Å². The van der Waals surface area contributed by atoms with Gasteiger partial charge in [0.1, 0.15) is 6.04 Å². The molecule has 42 heavy (non-hydrogen) atoms. The molecule has 0 aliphatic carbocycles. The van der Waals surface area contributed by atoms with Crippen LogP contribution in [0.2, 0.25) is 10.0 Å². The molecule has 3 aliphatic heterocycles. The number of carbonyl (C=O) groups is 3. The zero-order valence-corrected chi connectivity index (χ0v) is 23.7. The summed E-state index contributed by atoms with van der Waals surface area (Å²) in [6.45, 7) is 0. The van der Waals surface area contributed by atoms with E-state index in [2.05, 4.69) is 0 Å². The molecular weight excluding hydrogens is 571 g/mol. The van der Waals surface area contributed by atoms with E-state index in [9.17, 15) is 14.4 Å². The third kappa shape index (κ3) is 4.21. The summed E-state index contributed by atoms with van der Waals surface area (Å²) < 4.78 is 6.31. The number of ether oxygens (including phenoxy) is 1. The van der Waals surface area contributed by atoms with Crippen molar-refractivity contribution in [1.82, 2.24) is 0 Å². The Balaban J connectivity index is 1.32. The van der Waals surface area contributed by atoms with Gasteiger partial charge in [-0.1, -0.05) is 114 Å². The van der Waals surface area contributed by atoms with Crippen LogP contribution in [-0.4, -0.2) is 29.9 Å². The third-order valence-corrected chi connectivity index (χ3v) is 8.78. The average Bonchev–Trinajstić information content (AvgIpc) is 3.49. The number of benzene rings is 4. The lowest BCUT2D eigenvalue weighted by atomic mass is 9.88. The van der Waals surface area contributed by atoms with Crippen LogP contribution in [0, 0.1) is 11.8 Å². The maximum atomic E-state index is 14.4. The van der Waals surface area contributed by atoms with Gasteiger partial charge in [0.25, 0.3) is 0 Å². The maximum Gasteiger partial charge on any atom is 0.330 e. The molecule has 3 aliphatic rings. The molecule has 0 N–H and O–H groups in total.